The summed E-state index contributed by atoms with van der Waals surface area (Å²) < 4.78 is 0.802. The Morgan fingerprint density at radius 1 is 1.22 bits per heavy atom. The molecule has 2 rings (SSSR count). The molecule has 4 heteroatoms. The van der Waals surface area contributed by atoms with Gasteiger partial charge < -0.3 is 5.32 Å². The third-order valence-corrected chi connectivity index (χ3v) is 2.49. The number of carbonyl (C=O) groups excluding carboxylic acids is 1. The molecule has 0 aliphatic heterocycles. The zero-order valence-electron chi connectivity index (χ0n) is 9.35. The smallest absolute Gasteiger partial charge is 0.300 e. The first-order valence-electron chi connectivity index (χ1n) is 5.22. The quantitative estimate of drug-likeness (QED) is 0.823. The van der Waals surface area contributed by atoms with Crippen molar-refractivity contribution in [2.75, 3.05) is 5.32 Å². The van der Waals surface area contributed by atoms with Crippen LogP contribution in [0.3, 0.4) is 0 Å². The van der Waals surface area contributed by atoms with E-state index in [9.17, 15) is 4.79 Å². The highest BCUT2D eigenvalue weighted by molar-refractivity contribution is 9.10. The van der Waals surface area contributed by atoms with Crippen LogP contribution >= 0.6 is 15.9 Å². The molecule has 18 heavy (non-hydrogen) atoms. The van der Waals surface area contributed by atoms with Gasteiger partial charge in [-0.2, -0.15) is 0 Å². The molecule has 1 aromatic carbocycles. The Morgan fingerprint density at radius 3 is 2.72 bits per heavy atom. The molecule has 0 unspecified atom stereocenters. The topological polar surface area (TPSA) is 42.0 Å². The molecule has 0 atom stereocenters. The SMILES string of the molecule is O=C(C#Cc1ccccc1)Nc1cncc(Br)c1. The van der Waals surface area contributed by atoms with Crippen molar-refractivity contribution in [2.45, 2.75) is 0 Å². The van der Waals surface area contributed by atoms with Gasteiger partial charge in [0.15, 0.2) is 0 Å². The van der Waals surface area contributed by atoms with Crippen LogP contribution in [0, 0.1) is 11.8 Å². The summed E-state index contributed by atoms with van der Waals surface area (Å²) in [5.41, 5.74) is 1.41. The molecule has 3 nitrogen and oxygen atoms in total. The van der Waals surface area contributed by atoms with Gasteiger partial charge in [-0.25, -0.2) is 0 Å². The molecule has 1 heterocycles. The highest BCUT2D eigenvalue weighted by Gasteiger charge is 1.98. The lowest BCUT2D eigenvalue weighted by Gasteiger charge is -1.99. The number of amides is 1. The van der Waals surface area contributed by atoms with E-state index in [0.29, 0.717) is 5.69 Å². The van der Waals surface area contributed by atoms with Gasteiger partial charge in [-0.1, -0.05) is 24.1 Å². The van der Waals surface area contributed by atoms with E-state index in [-0.39, 0.29) is 5.91 Å². The number of benzene rings is 1. The zero-order valence-corrected chi connectivity index (χ0v) is 10.9. The first kappa shape index (κ1) is 12.3. The summed E-state index contributed by atoms with van der Waals surface area (Å²) in [5, 5.41) is 2.65. The van der Waals surface area contributed by atoms with Crippen LogP contribution in [0.2, 0.25) is 0 Å². The highest BCUT2D eigenvalue weighted by Crippen LogP contribution is 2.13. The predicted octanol–water partition coefficient (Wildman–Crippen LogP) is 2.83. The van der Waals surface area contributed by atoms with Gasteiger partial charge >= 0.3 is 5.91 Å². The van der Waals surface area contributed by atoms with Gasteiger partial charge in [-0.3, -0.25) is 9.78 Å². The van der Waals surface area contributed by atoms with Gasteiger partial charge in [0.2, 0.25) is 0 Å². The molecule has 0 saturated carbocycles. The molecule has 0 spiro atoms. The largest absolute Gasteiger partial charge is 0.314 e. The van der Waals surface area contributed by atoms with Crippen molar-refractivity contribution in [2.24, 2.45) is 0 Å². The van der Waals surface area contributed by atoms with Crippen LogP contribution in [0.1, 0.15) is 5.56 Å². The van der Waals surface area contributed by atoms with E-state index < -0.39 is 0 Å². The molecular weight excluding hydrogens is 292 g/mol. The van der Waals surface area contributed by atoms with Crippen molar-refractivity contribution in [1.82, 2.24) is 4.98 Å². The average molecular weight is 301 g/mol. The van der Waals surface area contributed by atoms with Crippen molar-refractivity contribution in [3.8, 4) is 11.8 Å². The monoisotopic (exact) mass is 300 g/mol. The van der Waals surface area contributed by atoms with Gasteiger partial charge in [-0.05, 0) is 34.1 Å². The van der Waals surface area contributed by atoms with Crippen LogP contribution in [-0.4, -0.2) is 10.9 Å². The molecule has 0 saturated heterocycles. The molecule has 0 bridgehead atoms. The number of carbonyl (C=O) groups is 1. The Morgan fingerprint density at radius 2 is 2.00 bits per heavy atom. The van der Waals surface area contributed by atoms with Crippen LogP contribution < -0.4 is 5.32 Å². The van der Waals surface area contributed by atoms with E-state index in [0.717, 1.165) is 10.0 Å². The van der Waals surface area contributed by atoms with Gasteiger partial charge in [-0.15, -0.1) is 0 Å². The van der Waals surface area contributed by atoms with Gasteiger partial charge in [0, 0.05) is 22.2 Å². The molecule has 0 fully saturated rings. The first-order chi connectivity index (χ1) is 8.74. The van der Waals surface area contributed by atoms with E-state index in [2.05, 4.69) is 38.1 Å². The van der Waals surface area contributed by atoms with Crippen molar-refractivity contribution in [1.29, 1.82) is 0 Å². The fraction of sp³-hybridized carbons (Fsp3) is 0. The van der Waals surface area contributed by atoms with E-state index in [1.807, 2.05) is 30.3 Å². The number of aromatic nitrogens is 1. The van der Waals surface area contributed by atoms with Crippen LogP contribution in [0.5, 0.6) is 0 Å². The maximum absolute atomic E-state index is 11.6. The summed E-state index contributed by atoms with van der Waals surface area (Å²) in [6, 6.07) is 11.1. The third kappa shape index (κ3) is 3.72. The van der Waals surface area contributed by atoms with Crippen LogP contribution in [0.15, 0.2) is 53.3 Å². The summed E-state index contributed by atoms with van der Waals surface area (Å²) in [6.07, 6.45) is 3.21. The second-order valence-corrected chi connectivity index (χ2v) is 4.38. The lowest BCUT2D eigenvalue weighted by Crippen LogP contribution is -2.08. The van der Waals surface area contributed by atoms with Crippen LogP contribution in [-0.2, 0) is 4.79 Å². The minimum absolute atomic E-state index is 0.362. The molecule has 1 amide bonds. The van der Waals surface area contributed by atoms with Gasteiger partial charge in [0.05, 0.1) is 11.9 Å². The van der Waals surface area contributed by atoms with E-state index >= 15 is 0 Å². The van der Waals surface area contributed by atoms with Crippen LogP contribution in [0.4, 0.5) is 5.69 Å². The van der Waals surface area contributed by atoms with Gasteiger partial charge in [0.25, 0.3) is 0 Å². The minimum atomic E-state index is -0.362. The van der Waals surface area contributed by atoms with Gasteiger partial charge in [0.1, 0.15) is 0 Å². The number of halogens is 1. The molecule has 2 aromatic rings. The zero-order chi connectivity index (χ0) is 12.8. The molecule has 1 N–H and O–H groups in total. The molecule has 0 radical (unpaired) electrons. The lowest BCUT2D eigenvalue weighted by atomic mass is 10.2. The molecule has 1 aromatic heterocycles. The number of hydrogen-bond acceptors (Lipinski definition) is 2. The molecular formula is C14H9BrN2O. The lowest BCUT2D eigenvalue weighted by molar-refractivity contribution is -0.111. The summed E-state index contributed by atoms with van der Waals surface area (Å²) in [7, 11) is 0. The Labute approximate surface area is 113 Å². The number of nitrogens with zero attached hydrogens (tertiary/aromatic N) is 1. The minimum Gasteiger partial charge on any atom is -0.314 e. The Hall–Kier alpha value is -2.12. The van der Waals surface area contributed by atoms with Crippen molar-refractivity contribution in [3.05, 3.63) is 58.8 Å². The number of hydrogen-bond donors (Lipinski definition) is 1. The second kappa shape index (κ2) is 5.99. The Kier molecular flexibility index (Phi) is 4.11. The van der Waals surface area contributed by atoms with E-state index in [4.69, 9.17) is 0 Å². The number of nitrogens with one attached hydrogen (secondary N) is 1. The third-order valence-electron chi connectivity index (χ3n) is 2.06. The fourth-order valence-corrected chi connectivity index (χ4v) is 1.66. The number of anilines is 1. The summed E-state index contributed by atoms with van der Waals surface area (Å²) in [5.74, 6) is 4.95. The number of rotatable bonds is 1. The van der Waals surface area contributed by atoms with Crippen molar-refractivity contribution < 1.29 is 4.79 Å². The van der Waals surface area contributed by atoms with E-state index in [1.54, 1.807) is 18.5 Å². The second-order valence-electron chi connectivity index (χ2n) is 3.46. The normalized spacial score (nSPS) is 9.17. The predicted molar refractivity (Wildman–Crippen MR) is 73.9 cm³/mol. The maximum atomic E-state index is 11.6. The Bertz CT molecular complexity index is 614. The Balaban J connectivity index is 2.04. The van der Waals surface area contributed by atoms with Crippen LogP contribution in [0.25, 0.3) is 0 Å². The standard InChI is InChI=1S/C14H9BrN2O/c15-12-8-13(10-16-9-12)17-14(18)7-6-11-4-2-1-3-5-11/h1-5,8-10H,(H,17,18). The summed E-state index contributed by atoms with van der Waals surface area (Å²) in [6.45, 7) is 0. The fourth-order valence-electron chi connectivity index (χ4n) is 1.29. The summed E-state index contributed by atoms with van der Waals surface area (Å²) in [4.78, 5) is 15.5. The van der Waals surface area contributed by atoms with Crippen molar-refractivity contribution in [3.63, 3.8) is 0 Å². The maximum Gasteiger partial charge on any atom is 0.300 e. The molecule has 88 valence electrons. The highest BCUT2D eigenvalue weighted by atomic mass is 79.9. The average Bonchev–Trinajstić information content (AvgIpc) is 2.38. The van der Waals surface area contributed by atoms with E-state index in [1.165, 1.54) is 0 Å². The molecule has 0 aliphatic rings. The number of pyridine rings is 1. The van der Waals surface area contributed by atoms with Crippen molar-refractivity contribution >= 4 is 27.5 Å². The summed E-state index contributed by atoms with van der Waals surface area (Å²) >= 11 is 3.28. The first-order valence-corrected chi connectivity index (χ1v) is 6.02. The molecule has 0 aliphatic carbocycles.